The summed E-state index contributed by atoms with van der Waals surface area (Å²) in [6.45, 7) is 4.63. The molecule has 0 saturated carbocycles. The van der Waals surface area contributed by atoms with Crippen LogP contribution in [0.5, 0.6) is 0 Å². The molecule has 0 bridgehead atoms. The number of pyridine rings is 1. The number of aromatic nitrogens is 1. The normalized spacial score (nSPS) is 17.8. The second-order valence-electron chi connectivity index (χ2n) is 4.50. The fraction of sp³-hybridized carbons (Fsp3) is 0.615. The number of nitrogens with zero attached hydrogens (tertiary/aromatic N) is 2. The molecule has 0 aromatic carbocycles. The van der Waals surface area contributed by atoms with Crippen molar-refractivity contribution in [2.45, 2.75) is 31.5 Å². The minimum atomic E-state index is 0.887. The van der Waals surface area contributed by atoms with Crippen molar-refractivity contribution in [2.24, 2.45) is 5.92 Å². The Morgan fingerprint density at radius 3 is 2.62 bits per heavy atom. The van der Waals surface area contributed by atoms with Gasteiger partial charge >= 0.3 is 0 Å². The van der Waals surface area contributed by atoms with E-state index < -0.39 is 0 Å². The lowest BCUT2D eigenvalue weighted by Gasteiger charge is -2.32. The molecule has 0 N–H and O–H groups in total. The molecular weight excluding hydrogens is 264 g/mol. The summed E-state index contributed by atoms with van der Waals surface area (Å²) < 4.78 is 0. The largest absolute Gasteiger partial charge is 0.357 e. The summed E-state index contributed by atoms with van der Waals surface area (Å²) in [6.07, 6.45) is 5.93. The Labute approximate surface area is 106 Å². The van der Waals surface area contributed by atoms with E-state index in [0.717, 1.165) is 17.1 Å². The van der Waals surface area contributed by atoms with Crippen molar-refractivity contribution in [3.05, 3.63) is 23.9 Å². The highest BCUT2D eigenvalue weighted by Gasteiger charge is 2.18. The summed E-state index contributed by atoms with van der Waals surface area (Å²) in [4.78, 5) is 6.93. The van der Waals surface area contributed by atoms with Crippen molar-refractivity contribution in [3.63, 3.8) is 0 Å². The summed E-state index contributed by atoms with van der Waals surface area (Å²) in [7, 11) is 0. The number of alkyl halides is 1. The van der Waals surface area contributed by atoms with Gasteiger partial charge in [-0.2, -0.15) is 0 Å². The van der Waals surface area contributed by atoms with Gasteiger partial charge in [-0.05, 0) is 30.4 Å². The highest BCUT2D eigenvalue weighted by Crippen LogP contribution is 2.23. The Kier molecular flexibility index (Phi) is 4.22. The van der Waals surface area contributed by atoms with Crippen LogP contribution in [0.1, 0.15) is 31.7 Å². The van der Waals surface area contributed by atoms with Crippen LogP contribution >= 0.6 is 15.9 Å². The average Bonchev–Trinajstić information content (AvgIpc) is 2.39. The molecule has 1 aromatic heterocycles. The van der Waals surface area contributed by atoms with Crippen LogP contribution in [0.2, 0.25) is 0 Å². The number of piperidine rings is 1. The van der Waals surface area contributed by atoms with Gasteiger partial charge in [0.2, 0.25) is 0 Å². The van der Waals surface area contributed by atoms with Gasteiger partial charge in [-0.1, -0.05) is 35.3 Å². The molecule has 3 heteroatoms. The number of hydrogen-bond donors (Lipinski definition) is 0. The molecule has 1 saturated heterocycles. The second kappa shape index (κ2) is 5.67. The molecule has 0 spiro atoms. The molecule has 1 aliphatic heterocycles. The van der Waals surface area contributed by atoms with Gasteiger partial charge < -0.3 is 4.90 Å². The lowest BCUT2D eigenvalue weighted by molar-refractivity contribution is 0.394. The summed E-state index contributed by atoms with van der Waals surface area (Å²) in [5.41, 5.74) is 1.24. The molecule has 1 fully saturated rings. The summed E-state index contributed by atoms with van der Waals surface area (Å²) in [5.74, 6) is 2.07. The standard InChI is InChI=1S/C13H19BrN2/c1-2-11-5-7-16(8-6-11)13-4-3-12(9-14)10-15-13/h3-4,10-11H,2,5-9H2,1H3. The summed E-state index contributed by atoms with van der Waals surface area (Å²) in [6, 6.07) is 4.30. The maximum atomic E-state index is 4.52. The molecule has 1 aliphatic rings. The zero-order valence-corrected chi connectivity index (χ0v) is 11.4. The van der Waals surface area contributed by atoms with E-state index in [9.17, 15) is 0 Å². The van der Waals surface area contributed by atoms with Crippen molar-refractivity contribution in [1.82, 2.24) is 4.98 Å². The minimum Gasteiger partial charge on any atom is -0.357 e. The van der Waals surface area contributed by atoms with Gasteiger partial charge in [-0.25, -0.2) is 4.98 Å². The molecule has 1 aromatic rings. The molecule has 0 atom stereocenters. The fourth-order valence-corrected chi connectivity index (χ4v) is 2.58. The molecule has 16 heavy (non-hydrogen) atoms. The monoisotopic (exact) mass is 282 g/mol. The first-order valence-corrected chi connectivity index (χ1v) is 7.21. The lowest BCUT2D eigenvalue weighted by atomic mass is 9.94. The zero-order valence-electron chi connectivity index (χ0n) is 9.82. The van der Waals surface area contributed by atoms with E-state index >= 15 is 0 Å². The summed E-state index contributed by atoms with van der Waals surface area (Å²) >= 11 is 3.44. The van der Waals surface area contributed by atoms with Gasteiger partial charge in [0, 0.05) is 24.6 Å². The average molecular weight is 283 g/mol. The van der Waals surface area contributed by atoms with E-state index in [1.807, 2.05) is 6.20 Å². The molecule has 88 valence electrons. The van der Waals surface area contributed by atoms with Crippen molar-refractivity contribution < 1.29 is 0 Å². The van der Waals surface area contributed by atoms with Crippen LogP contribution in [0.3, 0.4) is 0 Å². The topological polar surface area (TPSA) is 16.1 Å². The Bertz CT molecular complexity index is 315. The van der Waals surface area contributed by atoms with E-state index in [1.54, 1.807) is 0 Å². The van der Waals surface area contributed by atoms with Crippen LogP contribution in [0.4, 0.5) is 5.82 Å². The van der Waals surface area contributed by atoms with Crippen LogP contribution in [0.15, 0.2) is 18.3 Å². The van der Waals surface area contributed by atoms with E-state index in [0.29, 0.717) is 0 Å². The molecule has 0 radical (unpaired) electrons. The van der Waals surface area contributed by atoms with E-state index in [2.05, 4.69) is 44.9 Å². The maximum absolute atomic E-state index is 4.52. The number of hydrogen-bond acceptors (Lipinski definition) is 2. The predicted octanol–water partition coefficient (Wildman–Crippen LogP) is 3.60. The zero-order chi connectivity index (χ0) is 11.4. The Morgan fingerprint density at radius 1 is 1.38 bits per heavy atom. The first-order chi connectivity index (χ1) is 7.83. The van der Waals surface area contributed by atoms with E-state index in [1.165, 1.54) is 37.9 Å². The smallest absolute Gasteiger partial charge is 0.128 e. The SMILES string of the molecule is CCC1CCN(c2ccc(CBr)cn2)CC1. The minimum absolute atomic E-state index is 0.887. The first-order valence-electron chi connectivity index (χ1n) is 6.09. The van der Waals surface area contributed by atoms with E-state index in [4.69, 9.17) is 0 Å². The third-order valence-corrected chi connectivity index (χ3v) is 4.13. The van der Waals surface area contributed by atoms with Crippen molar-refractivity contribution in [3.8, 4) is 0 Å². The van der Waals surface area contributed by atoms with Crippen LogP contribution in [-0.2, 0) is 5.33 Å². The van der Waals surface area contributed by atoms with Gasteiger partial charge in [0.25, 0.3) is 0 Å². The second-order valence-corrected chi connectivity index (χ2v) is 5.06. The predicted molar refractivity (Wildman–Crippen MR) is 72.1 cm³/mol. The highest BCUT2D eigenvalue weighted by atomic mass is 79.9. The Morgan fingerprint density at radius 2 is 2.12 bits per heavy atom. The van der Waals surface area contributed by atoms with Crippen molar-refractivity contribution in [2.75, 3.05) is 18.0 Å². The molecular formula is C13H19BrN2. The third-order valence-electron chi connectivity index (χ3n) is 3.48. The number of halogens is 1. The highest BCUT2D eigenvalue weighted by molar-refractivity contribution is 9.08. The van der Waals surface area contributed by atoms with Crippen LogP contribution in [0.25, 0.3) is 0 Å². The fourth-order valence-electron chi connectivity index (χ4n) is 2.25. The molecule has 0 amide bonds. The Balaban J connectivity index is 1.97. The van der Waals surface area contributed by atoms with E-state index in [-0.39, 0.29) is 0 Å². The lowest BCUT2D eigenvalue weighted by Crippen LogP contribution is -2.33. The molecule has 2 rings (SSSR count). The first kappa shape index (κ1) is 11.9. The van der Waals surface area contributed by atoms with Crippen LogP contribution in [-0.4, -0.2) is 18.1 Å². The molecule has 0 aliphatic carbocycles. The van der Waals surface area contributed by atoms with Gasteiger partial charge in [0.15, 0.2) is 0 Å². The number of rotatable bonds is 3. The van der Waals surface area contributed by atoms with Crippen molar-refractivity contribution >= 4 is 21.7 Å². The third kappa shape index (κ3) is 2.76. The van der Waals surface area contributed by atoms with Gasteiger partial charge in [0.05, 0.1) is 0 Å². The molecule has 2 heterocycles. The maximum Gasteiger partial charge on any atom is 0.128 e. The molecule has 0 unspecified atom stereocenters. The van der Waals surface area contributed by atoms with Gasteiger partial charge in [0.1, 0.15) is 5.82 Å². The summed E-state index contributed by atoms with van der Waals surface area (Å²) in [5, 5.41) is 0.887. The van der Waals surface area contributed by atoms with Gasteiger partial charge in [-0.3, -0.25) is 0 Å². The van der Waals surface area contributed by atoms with Crippen molar-refractivity contribution in [1.29, 1.82) is 0 Å². The van der Waals surface area contributed by atoms with Crippen LogP contribution < -0.4 is 4.90 Å². The quantitative estimate of drug-likeness (QED) is 0.788. The molecule has 2 nitrogen and oxygen atoms in total. The Hall–Kier alpha value is -0.570. The number of anilines is 1. The van der Waals surface area contributed by atoms with Crippen LogP contribution in [0, 0.1) is 5.92 Å². The van der Waals surface area contributed by atoms with Gasteiger partial charge in [-0.15, -0.1) is 0 Å².